The zero-order valence-corrected chi connectivity index (χ0v) is 19.4. The number of benzene rings is 2. The van der Waals surface area contributed by atoms with Crippen LogP contribution in [0.5, 0.6) is 0 Å². The highest BCUT2D eigenvalue weighted by Crippen LogP contribution is 2.53. The second-order valence-electron chi connectivity index (χ2n) is 7.40. The van der Waals surface area contributed by atoms with Crippen LogP contribution >= 0.6 is 0 Å². The molecule has 2 rings (SSSR count). The lowest BCUT2D eigenvalue weighted by molar-refractivity contribution is -0.0487. The second-order valence-corrected chi connectivity index (χ2v) is 11.8. The molecular weight excluding hydrogens is 498 g/mol. The van der Waals surface area contributed by atoms with Crippen LogP contribution in [0.25, 0.3) is 0 Å². The molecule has 0 spiro atoms. The summed E-state index contributed by atoms with van der Waals surface area (Å²) < 4.78 is 129. The Morgan fingerprint density at radius 1 is 0.545 bits per heavy atom. The molecular formula is C19H20F6N2O4S2. The van der Waals surface area contributed by atoms with Crippen molar-refractivity contribution in [3.05, 3.63) is 59.7 Å². The third-order valence-corrected chi connectivity index (χ3v) is 9.89. The van der Waals surface area contributed by atoms with Crippen molar-refractivity contribution >= 4 is 31.0 Å². The van der Waals surface area contributed by atoms with Crippen LogP contribution in [-0.4, -0.2) is 56.0 Å². The molecule has 0 saturated heterocycles. The van der Waals surface area contributed by atoms with Gasteiger partial charge in [0.05, 0.1) is 0 Å². The summed E-state index contributed by atoms with van der Waals surface area (Å²) in [5.41, 5.74) is -14.6. The number of sulfone groups is 2. The zero-order valence-electron chi connectivity index (χ0n) is 17.7. The van der Waals surface area contributed by atoms with Crippen LogP contribution in [0.15, 0.2) is 48.5 Å². The van der Waals surface area contributed by atoms with Crippen molar-refractivity contribution in [2.45, 2.75) is 15.1 Å². The molecule has 33 heavy (non-hydrogen) atoms. The summed E-state index contributed by atoms with van der Waals surface area (Å²) in [4.78, 5) is 2.88. The SMILES string of the molecule is CN(C)c1ccc(C(c2ccc(N(C)C)cc2)(S(=O)(=O)C(F)(F)F)S(=O)(=O)C(F)(F)F)cc1. The van der Waals surface area contributed by atoms with Gasteiger partial charge in [-0.1, -0.05) is 24.3 Å². The summed E-state index contributed by atoms with van der Waals surface area (Å²) in [5, 5.41) is 0. The molecule has 0 fully saturated rings. The first-order valence-electron chi connectivity index (χ1n) is 9.00. The van der Waals surface area contributed by atoms with Crippen molar-refractivity contribution in [3.63, 3.8) is 0 Å². The van der Waals surface area contributed by atoms with Gasteiger partial charge >= 0.3 is 11.0 Å². The predicted molar refractivity (Wildman–Crippen MR) is 112 cm³/mol. The number of anilines is 2. The van der Waals surface area contributed by atoms with Gasteiger partial charge in [-0.3, -0.25) is 0 Å². The summed E-state index contributed by atoms with van der Waals surface area (Å²) in [5.74, 6) is 0. The Bertz CT molecular complexity index is 1110. The molecule has 0 amide bonds. The van der Waals surface area contributed by atoms with E-state index in [1.165, 1.54) is 38.0 Å². The van der Waals surface area contributed by atoms with Gasteiger partial charge in [0.1, 0.15) is 0 Å². The van der Waals surface area contributed by atoms with E-state index < -0.39 is 45.9 Å². The predicted octanol–water partition coefficient (Wildman–Crippen LogP) is 3.89. The fourth-order valence-corrected chi connectivity index (χ4v) is 7.38. The van der Waals surface area contributed by atoms with E-state index in [4.69, 9.17) is 0 Å². The molecule has 0 bridgehead atoms. The molecule has 0 aromatic heterocycles. The number of halogens is 6. The van der Waals surface area contributed by atoms with Crippen LogP contribution in [0, 0.1) is 0 Å². The van der Waals surface area contributed by atoms with Gasteiger partial charge in [-0.15, -0.1) is 0 Å². The first-order chi connectivity index (χ1) is 14.8. The number of nitrogens with zero attached hydrogens (tertiary/aromatic N) is 2. The molecule has 14 heteroatoms. The van der Waals surface area contributed by atoms with Crippen molar-refractivity contribution in [1.82, 2.24) is 0 Å². The lowest BCUT2D eigenvalue weighted by Gasteiger charge is -2.35. The van der Waals surface area contributed by atoms with Gasteiger partial charge in [-0.2, -0.15) is 26.3 Å². The first kappa shape index (κ1) is 26.8. The van der Waals surface area contributed by atoms with E-state index in [-0.39, 0.29) is 11.4 Å². The van der Waals surface area contributed by atoms with Crippen molar-refractivity contribution in [2.75, 3.05) is 38.0 Å². The Hall–Kier alpha value is -2.48. The van der Waals surface area contributed by atoms with Gasteiger partial charge in [-0.25, -0.2) is 16.8 Å². The molecule has 6 nitrogen and oxygen atoms in total. The van der Waals surface area contributed by atoms with Crippen LogP contribution in [-0.2, 0) is 23.8 Å². The normalized spacial score (nSPS) is 13.6. The van der Waals surface area contributed by atoms with Crippen LogP contribution < -0.4 is 9.80 Å². The fraction of sp³-hybridized carbons (Fsp3) is 0.368. The van der Waals surface area contributed by atoms with Gasteiger partial charge in [0.2, 0.25) is 4.08 Å². The lowest BCUT2D eigenvalue weighted by atomic mass is 10.0. The quantitative estimate of drug-likeness (QED) is 0.541. The molecule has 184 valence electrons. The maximum Gasteiger partial charge on any atom is 0.499 e. The van der Waals surface area contributed by atoms with Crippen molar-refractivity contribution in [3.8, 4) is 0 Å². The Morgan fingerprint density at radius 3 is 0.970 bits per heavy atom. The third-order valence-electron chi connectivity index (χ3n) is 4.89. The van der Waals surface area contributed by atoms with Crippen molar-refractivity contribution < 1.29 is 43.2 Å². The van der Waals surface area contributed by atoms with Gasteiger partial charge in [-0.05, 0) is 35.4 Å². The minimum absolute atomic E-state index is 0.282. The van der Waals surface area contributed by atoms with Gasteiger partial charge in [0.25, 0.3) is 19.7 Å². The number of rotatable bonds is 6. The smallest absolute Gasteiger partial charge is 0.378 e. The maximum atomic E-state index is 13.8. The molecule has 0 aliphatic heterocycles. The largest absolute Gasteiger partial charge is 0.499 e. The summed E-state index contributed by atoms with van der Waals surface area (Å²) >= 11 is 0. The Balaban J connectivity index is 3.17. The summed E-state index contributed by atoms with van der Waals surface area (Å²) in [6.45, 7) is 0. The molecule has 0 radical (unpaired) electrons. The molecule has 2 aromatic rings. The number of hydrogen-bond donors (Lipinski definition) is 0. The molecule has 0 heterocycles. The summed E-state index contributed by atoms with van der Waals surface area (Å²) in [6.07, 6.45) is 0. The van der Waals surface area contributed by atoms with Crippen molar-refractivity contribution in [1.29, 1.82) is 0 Å². The number of hydrogen-bond acceptors (Lipinski definition) is 6. The molecule has 0 aliphatic rings. The summed E-state index contributed by atoms with van der Waals surface area (Å²) in [7, 11) is -8.04. The standard InChI is InChI=1S/C19H20F6N2O4S2/c1-26(2)15-9-5-13(6-10-15)17(32(28,29)18(20,21)22,33(30,31)19(23,24)25)14-7-11-16(12-8-14)27(3)4/h5-12H,1-4H3. The van der Waals surface area contributed by atoms with E-state index in [2.05, 4.69) is 0 Å². The highest BCUT2D eigenvalue weighted by Gasteiger charge is 2.74. The topological polar surface area (TPSA) is 74.8 Å². The van der Waals surface area contributed by atoms with Gasteiger partial charge < -0.3 is 9.80 Å². The summed E-state index contributed by atoms with van der Waals surface area (Å²) in [6, 6.07) is 6.60. The van der Waals surface area contributed by atoms with E-state index in [0.29, 0.717) is 24.3 Å². The van der Waals surface area contributed by atoms with E-state index >= 15 is 0 Å². The molecule has 2 aromatic carbocycles. The Kier molecular flexibility index (Phi) is 6.80. The average molecular weight is 519 g/mol. The minimum atomic E-state index is -7.05. The lowest BCUT2D eigenvalue weighted by Crippen LogP contribution is -2.54. The van der Waals surface area contributed by atoms with Crippen LogP contribution in [0.4, 0.5) is 37.7 Å². The zero-order chi connectivity index (χ0) is 25.6. The van der Waals surface area contributed by atoms with Gasteiger partial charge in [0, 0.05) is 39.6 Å². The first-order valence-corrected chi connectivity index (χ1v) is 12.0. The van der Waals surface area contributed by atoms with E-state index in [1.54, 1.807) is 0 Å². The van der Waals surface area contributed by atoms with Crippen LogP contribution in [0.3, 0.4) is 0 Å². The van der Waals surface area contributed by atoms with Crippen LogP contribution in [0.1, 0.15) is 11.1 Å². The molecule has 0 saturated carbocycles. The minimum Gasteiger partial charge on any atom is -0.378 e. The Labute approximate surface area is 187 Å². The van der Waals surface area contributed by atoms with E-state index in [1.807, 2.05) is 0 Å². The molecule has 0 atom stereocenters. The second kappa shape index (κ2) is 8.38. The van der Waals surface area contributed by atoms with Crippen LogP contribution in [0.2, 0.25) is 0 Å². The molecule has 0 N–H and O–H groups in total. The average Bonchev–Trinajstić information content (AvgIpc) is 2.67. The monoisotopic (exact) mass is 518 g/mol. The highest BCUT2D eigenvalue weighted by atomic mass is 32.3. The fourth-order valence-electron chi connectivity index (χ4n) is 3.22. The van der Waals surface area contributed by atoms with Gasteiger partial charge in [0.15, 0.2) is 0 Å². The van der Waals surface area contributed by atoms with E-state index in [9.17, 15) is 43.2 Å². The van der Waals surface area contributed by atoms with Crippen molar-refractivity contribution in [2.24, 2.45) is 0 Å². The number of alkyl halides is 6. The Morgan fingerprint density at radius 2 is 0.788 bits per heavy atom. The highest BCUT2D eigenvalue weighted by molar-refractivity contribution is 8.10. The molecule has 0 unspecified atom stereocenters. The third kappa shape index (κ3) is 4.14. The molecule has 0 aliphatic carbocycles. The maximum absolute atomic E-state index is 13.8. The van der Waals surface area contributed by atoms with E-state index in [0.717, 1.165) is 24.3 Å².